The minimum atomic E-state index is 0.307. The fraction of sp³-hybridized carbons (Fsp3) is 0.700. The van der Waals surface area contributed by atoms with Crippen molar-refractivity contribution in [3.8, 4) is 6.07 Å². The van der Waals surface area contributed by atoms with Crippen LogP contribution in [-0.4, -0.2) is 15.2 Å². The van der Waals surface area contributed by atoms with E-state index in [2.05, 4.69) is 15.2 Å². The molecule has 1 fully saturated rings. The van der Waals surface area contributed by atoms with Gasteiger partial charge in [-0.15, -0.1) is 0 Å². The van der Waals surface area contributed by atoms with Crippen LogP contribution in [0.3, 0.4) is 0 Å². The number of hydrogen-bond acceptors (Lipinski definition) is 3. The number of rotatable bonds is 3. The molecule has 0 aliphatic heterocycles. The summed E-state index contributed by atoms with van der Waals surface area (Å²) in [5.74, 6) is 2.35. The molecule has 1 aromatic rings. The highest BCUT2D eigenvalue weighted by Crippen LogP contribution is 2.26. The van der Waals surface area contributed by atoms with E-state index in [0.717, 1.165) is 18.2 Å². The number of nitrogens with one attached hydrogen (secondary N) is 1. The van der Waals surface area contributed by atoms with Crippen molar-refractivity contribution in [1.29, 1.82) is 5.26 Å². The maximum atomic E-state index is 8.47. The first-order chi connectivity index (χ1) is 6.88. The van der Waals surface area contributed by atoms with E-state index in [-0.39, 0.29) is 0 Å². The van der Waals surface area contributed by atoms with Gasteiger partial charge in [-0.1, -0.05) is 25.7 Å². The van der Waals surface area contributed by atoms with Crippen molar-refractivity contribution in [1.82, 2.24) is 15.2 Å². The van der Waals surface area contributed by atoms with Crippen molar-refractivity contribution in [2.75, 3.05) is 0 Å². The maximum Gasteiger partial charge on any atom is 0.164 e. The lowest BCUT2D eigenvalue weighted by Crippen LogP contribution is -2.00. The summed E-state index contributed by atoms with van der Waals surface area (Å²) in [4.78, 5) is 4.27. The first-order valence-corrected chi connectivity index (χ1v) is 5.15. The van der Waals surface area contributed by atoms with E-state index in [0.29, 0.717) is 12.2 Å². The van der Waals surface area contributed by atoms with Gasteiger partial charge in [-0.2, -0.15) is 10.4 Å². The van der Waals surface area contributed by atoms with Crippen LogP contribution in [0.5, 0.6) is 0 Å². The predicted octanol–water partition coefficient (Wildman–Crippen LogP) is 1.60. The molecule has 0 radical (unpaired) electrons. The Hall–Kier alpha value is -1.37. The molecule has 4 heteroatoms. The second-order valence-electron chi connectivity index (χ2n) is 3.89. The standard InChI is InChI=1S/C10H14N4/c11-6-5-9-12-10(14-13-9)7-8-3-1-2-4-8/h8H,1-5,7H2,(H,12,13,14). The normalized spacial score (nSPS) is 17.1. The number of nitrogens with zero attached hydrogens (tertiary/aromatic N) is 3. The molecular formula is C10H14N4. The Balaban J connectivity index is 1.92. The van der Waals surface area contributed by atoms with Gasteiger partial charge in [-0.3, -0.25) is 5.10 Å². The molecule has 1 N–H and O–H groups in total. The average molecular weight is 190 g/mol. The number of H-pyrrole nitrogens is 1. The Kier molecular flexibility index (Phi) is 2.78. The molecule has 0 unspecified atom stereocenters. The summed E-state index contributed by atoms with van der Waals surface area (Å²) in [5, 5.41) is 15.4. The largest absolute Gasteiger partial charge is 0.263 e. The van der Waals surface area contributed by atoms with E-state index < -0.39 is 0 Å². The summed E-state index contributed by atoms with van der Waals surface area (Å²) >= 11 is 0. The third kappa shape index (κ3) is 2.11. The summed E-state index contributed by atoms with van der Waals surface area (Å²) in [6.07, 6.45) is 6.63. The van der Waals surface area contributed by atoms with Gasteiger partial charge in [-0.05, 0) is 5.92 Å². The van der Waals surface area contributed by atoms with Crippen molar-refractivity contribution in [2.45, 2.75) is 38.5 Å². The highest BCUT2D eigenvalue weighted by atomic mass is 15.2. The molecule has 1 saturated carbocycles. The highest BCUT2D eigenvalue weighted by molar-refractivity contribution is 4.97. The Morgan fingerprint density at radius 3 is 2.93 bits per heavy atom. The molecule has 2 rings (SSSR count). The lowest BCUT2D eigenvalue weighted by atomic mass is 10.0. The highest BCUT2D eigenvalue weighted by Gasteiger charge is 2.17. The van der Waals surface area contributed by atoms with Gasteiger partial charge in [0.15, 0.2) is 5.82 Å². The van der Waals surface area contributed by atoms with Crippen LogP contribution < -0.4 is 0 Å². The van der Waals surface area contributed by atoms with Gasteiger partial charge in [0.25, 0.3) is 0 Å². The summed E-state index contributed by atoms with van der Waals surface area (Å²) in [5.41, 5.74) is 0. The number of hydrogen-bond donors (Lipinski definition) is 1. The zero-order valence-corrected chi connectivity index (χ0v) is 8.16. The molecule has 1 aromatic heterocycles. The molecule has 0 aromatic carbocycles. The monoisotopic (exact) mass is 190 g/mol. The molecule has 0 atom stereocenters. The quantitative estimate of drug-likeness (QED) is 0.787. The van der Waals surface area contributed by atoms with Crippen molar-refractivity contribution < 1.29 is 0 Å². The van der Waals surface area contributed by atoms with E-state index in [4.69, 9.17) is 5.26 Å². The molecule has 1 heterocycles. The molecule has 4 nitrogen and oxygen atoms in total. The fourth-order valence-corrected chi connectivity index (χ4v) is 2.06. The minimum Gasteiger partial charge on any atom is -0.263 e. The lowest BCUT2D eigenvalue weighted by molar-refractivity contribution is 0.531. The topological polar surface area (TPSA) is 65.4 Å². The van der Waals surface area contributed by atoms with E-state index in [9.17, 15) is 0 Å². The molecular weight excluding hydrogens is 176 g/mol. The van der Waals surface area contributed by atoms with Crippen molar-refractivity contribution >= 4 is 0 Å². The van der Waals surface area contributed by atoms with Crippen molar-refractivity contribution in [3.63, 3.8) is 0 Å². The van der Waals surface area contributed by atoms with Gasteiger partial charge in [0, 0.05) is 6.42 Å². The SMILES string of the molecule is N#CCc1n[nH]c(CC2CCCC2)n1. The molecule has 1 aliphatic carbocycles. The Labute approximate surface area is 83.4 Å². The molecule has 14 heavy (non-hydrogen) atoms. The summed E-state index contributed by atoms with van der Waals surface area (Å²) in [6, 6.07) is 2.05. The third-order valence-corrected chi connectivity index (χ3v) is 2.77. The summed E-state index contributed by atoms with van der Waals surface area (Å²) in [6.45, 7) is 0. The Bertz CT molecular complexity index is 330. The van der Waals surface area contributed by atoms with Crippen molar-refractivity contribution in [2.24, 2.45) is 5.92 Å². The second-order valence-corrected chi connectivity index (χ2v) is 3.89. The van der Waals surface area contributed by atoms with Crippen LogP contribution >= 0.6 is 0 Å². The maximum absolute atomic E-state index is 8.47. The van der Waals surface area contributed by atoms with Gasteiger partial charge in [0.1, 0.15) is 5.82 Å². The smallest absolute Gasteiger partial charge is 0.164 e. The van der Waals surface area contributed by atoms with Gasteiger partial charge in [0.05, 0.1) is 12.5 Å². The van der Waals surface area contributed by atoms with E-state index in [1.807, 2.05) is 6.07 Å². The average Bonchev–Trinajstić information content (AvgIpc) is 2.79. The zero-order chi connectivity index (χ0) is 9.80. The van der Waals surface area contributed by atoms with Crippen LogP contribution in [0.25, 0.3) is 0 Å². The van der Waals surface area contributed by atoms with Gasteiger partial charge >= 0.3 is 0 Å². The molecule has 74 valence electrons. The van der Waals surface area contributed by atoms with Crippen LogP contribution in [0.2, 0.25) is 0 Å². The fourth-order valence-electron chi connectivity index (χ4n) is 2.06. The van der Waals surface area contributed by atoms with Crippen LogP contribution in [0.1, 0.15) is 37.3 Å². The first kappa shape index (κ1) is 9.20. The van der Waals surface area contributed by atoms with Crippen LogP contribution in [-0.2, 0) is 12.8 Å². The van der Waals surface area contributed by atoms with Crippen LogP contribution in [0.15, 0.2) is 0 Å². The number of aromatic amines is 1. The van der Waals surface area contributed by atoms with Gasteiger partial charge in [-0.25, -0.2) is 4.98 Å². The zero-order valence-electron chi connectivity index (χ0n) is 8.16. The molecule has 0 saturated heterocycles. The molecule has 0 spiro atoms. The number of aromatic nitrogens is 3. The first-order valence-electron chi connectivity index (χ1n) is 5.15. The molecule has 0 amide bonds. The Morgan fingerprint density at radius 2 is 2.21 bits per heavy atom. The van der Waals surface area contributed by atoms with Gasteiger partial charge in [0.2, 0.25) is 0 Å². The van der Waals surface area contributed by atoms with Gasteiger partial charge < -0.3 is 0 Å². The summed E-state index contributed by atoms with van der Waals surface area (Å²) in [7, 11) is 0. The van der Waals surface area contributed by atoms with Crippen LogP contribution in [0.4, 0.5) is 0 Å². The van der Waals surface area contributed by atoms with Crippen LogP contribution in [0, 0.1) is 17.2 Å². The predicted molar refractivity (Wildman–Crippen MR) is 51.4 cm³/mol. The van der Waals surface area contributed by atoms with E-state index in [1.54, 1.807) is 0 Å². The molecule has 0 bridgehead atoms. The van der Waals surface area contributed by atoms with Crippen molar-refractivity contribution in [3.05, 3.63) is 11.6 Å². The Morgan fingerprint density at radius 1 is 1.43 bits per heavy atom. The third-order valence-electron chi connectivity index (χ3n) is 2.77. The van der Waals surface area contributed by atoms with E-state index >= 15 is 0 Å². The second kappa shape index (κ2) is 4.23. The number of nitriles is 1. The lowest BCUT2D eigenvalue weighted by Gasteiger charge is -2.03. The van der Waals surface area contributed by atoms with E-state index in [1.165, 1.54) is 25.7 Å². The minimum absolute atomic E-state index is 0.307. The molecule has 1 aliphatic rings. The summed E-state index contributed by atoms with van der Waals surface area (Å²) < 4.78 is 0.